The summed E-state index contributed by atoms with van der Waals surface area (Å²) in [5, 5.41) is 3.27. The largest absolute Gasteiger partial charge is 0.480 e. The summed E-state index contributed by atoms with van der Waals surface area (Å²) in [6.07, 6.45) is -0.473. The maximum atomic E-state index is 12.4. The zero-order valence-electron chi connectivity index (χ0n) is 11.2. The molecule has 1 aliphatic rings. The van der Waals surface area contributed by atoms with Gasteiger partial charge in [0.15, 0.2) is 6.10 Å². The molecule has 2 atom stereocenters. The van der Waals surface area contributed by atoms with E-state index < -0.39 is 6.10 Å². The summed E-state index contributed by atoms with van der Waals surface area (Å²) in [5.74, 6) is 0.746. The Balaban J connectivity index is 2.01. The van der Waals surface area contributed by atoms with Gasteiger partial charge >= 0.3 is 0 Å². The fourth-order valence-corrected chi connectivity index (χ4v) is 2.56. The minimum Gasteiger partial charge on any atom is -0.480 e. The van der Waals surface area contributed by atoms with Gasteiger partial charge in [0.1, 0.15) is 5.75 Å². The molecule has 2 rings (SSSR count). The smallest absolute Gasteiger partial charge is 0.263 e. The second kappa shape index (κ2) is 6.39. The third kappa shape index (κ3) is 3.48. The summed E-state index contributed by atoms with van der Waals surface area (Å²) in [7, 11) is 0. The van der Waals surface area contributed by atoms with Crippen molar-refractivity contribution in [2.24, 2.45) is 0 Å². The average molecular weight is 327 g/mol. The molecule has 0 spiro atoms. The third-order valence-electron chi connectivity index (χ3n) is 3.27. The molecule has 1 amide bonds. The molecule has 1 aromatic rings. The second-order valence-electron chi connectivity index (χ2n) is 4.78. The van der Waals surface area contributed by atoms with E-state index in [1.165, 1.54) is 0 Å². The Morgan fingerprint density at radius 2 is 2.26 bits per heavy atom. The van der Waals surface area contributed by atoms with E-state index in [-0.39, 0.29) is 11.9 Å². The highest BCUT2D eigenvalue weighted by Gasteiger charge is 2.28. The molecule has 0 aliphatic carbocycles. The lowest BCUT2D eigenvalue weighted by atomic mass is 10.2. The molecule has 0 saturated carbocycles. The number of nitrogens with zero attached hydrogens (tertiary/aromatic N) is 1. The first-order valence-electron chi connectivity index (χ1n) is 6.52. The van der Waals surface area contributed by atoms with Gasteiger partial charge in [-0.2, -0.15) is 0 Å². The van der Waals surface area contributed by atoms with Gasteiger partial charge in [-0.1, -0.05) is 12.1 Å². The first-order chi connectivity index (χ1) is 9.09. The van der Waals surface area contributed by atoms with E-state index in [1.807, 2.05) is 29.2 Å². The maximum absolute atomic E-state index is 12.4. The van der Waals surface area contributed by atoms with Crippen molar-refractivity contribution in [3.63, 3.8) is 0 Å². The zero-order chi connectivity index (χ0) is 13.8. The molecule has 1 unspecified atom stereocenters. The summed E-state index contributed by atoms with van der Waals surface area (Å²) in [5.41, 5.74) is 0. The van der Waals surface area contributed by atoms with E-state index in [9.17, 15) is 4.79 Å². The maximum Gasteiger partial charge on any atom is 0.263 e. The van der Waals surface area contributed by atoms with E-state index in [0.717, 1.165) is 24.1 Å². The standard InChI is InChI=1S/C14H19BrN2O2/c1-10-9-16-7-8-17(10)14(18)11(2)19-13-6-4-3-5-12(13)15/h3-6,10-11,16H,7-9H2,1-2H3/t10-,11?/m1/s1. The van der Waals surface area contributed by atoms with Crippen LogP contribution in [0.25, 0.3) is 0 Å². The minimum atomic E-state index is -0.473. The van der Waals surface area contributed by atoms with Gasteiger partial charge in [-0.05, 0) is 41.9 Å². The molecule has 0 bridgehead atoms. The van der Waals surface area contributed by atoms with Crippen LogP contribution in [0.15, 0.2) is 28.7 Å². The van der Waals surface area contributed by atoms with Crippen LogP contribution < -0.4 is 10.1 Å². The Kier molecular flexibility index (Phi) is 4.82. The predicted octanol–water partition coefficient (Wildman–Crippen LogP) is 2.04. The highest BCUT2D eigenvalue weighted by Crippen LogP contribution is 2.25. The molecule has 1 N–H and O–H groups in total. The number of benzene rings is 1. The number of para-hydroxylation sites is 1. The van der Waals surface area contributed by atoms with Crippen LogP contribution in [0.4, 0.5) is 0 Å². The van der Waals surface area contributed by atoms with Crippen LogP contribution >= 0.6 is 15.9 Å². The lowest BCUT2D eigenvalue weighted by molar-refractivity contribution is -0.140. The minimum absolute atomic E-state index is 0.0461. The Morgan fingerprint density at radius 3 is 2.95 bits per heavy atom. The third-order valence-corrected chi connectivity index (χ3v) is 3.93. The molecule has 1 heterocycles. The van der Waals surface area contributed by atoms with Gasteiger partial charge in [0, 0.05) is 25.7 Å². The van der Waals surface area contributed by atoms with E-state index in [0.29, 0.717) is 5.75 Å². The monoisotopic (exact) mass is 326 g/mol. The van der Waals surface area contributed by atoms with Crippen LogP contribution in [0.2, 0.25) is 0 Å². The van der Waals surface area contributed by atoms with Crippen molar-refractivity contribution in [3.05, 3.63) is 28.7 Å². The fraction of sp³-hybridized carbons (Fsp3) is 0.500. The molecule has 1 fully saturated rings. The lowest BCUT2D eigenvalue weighted by Gasteiger charge is -2.35. The summed E-state index contributed by atoms with van der Waals surface area (Å²) in [4.78, 5) is 14.3. The Labute approximate surface area is 122 Å². The van der Waals surface area contributed by atoms with Crippen molar-refractivity contribution in [2.75, 3.05) is 19.6 Å². The molecule has 1 saturated heterocycles. The number of hydrogen-bond donors (Lipinski definition) is 1. The summed E-state index contributed by atoms with van der Waals surface area (Å²) in [6.45, 7) is 6.28. The topological polar surface area (TPSA) is 41.6 Å². The van der Waals surface area contributed by atoms with E-state index in [1.54, 1.807) is 6.92 Å². The number of piperazine rings is 1. The number of carbonyl (C=O) groups excluding carboxylic acids is 1. The molecule has 0 radical (unpaired) electrons. The number of hydrogen-bond acceptors (Lipinski definition) is 3. The van der Waals surface area contributed by atoms with Crippen LogP contribution in [-0.4, -0.2) is 42.6 Å². The number of carbonyl (C=O) groups is 1. The number of nitrogens with one attached hydrogen (secondary N) is 1. The first kappa shape index (κ1) is 14.3. The van der Waals surface area contributed by atoms with E-state index in [2.05, 4.69) is 28.2 Å². The molecule has 19 heavy (non-hydrogen) atoms. The normalized spacial score (nSPS) is 21.0. The molecule has 1 aromatic carbocycles. The molecule has 0 aromatic heterocycles. The molecule has 4 nitrogen and oxygen atoms in total. The fourth-order valence-electron chi connectivity index (χ4n) is 2.18. The predicted molar refractivity (Wildman–Crippen MR) is 78.3 cm³/mol. The zero-order valence-corrected chi connectivity index (χ0v) is 12.8. The molecular weight excluding hydrogens is 308 g/mol. The summed E-state index contributed by atoms with van der Waals surface area (Å²) >= 11 is 3.42. The van der Waals surface area contributed by atoms with Gasteiger partial charge < -0.3 is 15.0 Å². The Hall–Kier alpha value is -1.07. The van der Waals surface area contributed by atoms with Gasteiger partial charge in [0.25, 0.3) is 5.91 Å². The van der Waals surface area contributed by atoms with Crippen LogP contribution in [0.3, 0.4) is 0 Å². The Bertz CT molecular complexity index is 453. The van der Waals surface area contributed by atoms with Crippen LogP contribution in [-0.2, 0) is 4.79 Å². The SMILES string of the molecule is CC(Oc1ccccc1Br)C(=O)N1CCNC[C@H]1C. The molecule has 5 heteroatoms. The van der Waals surface area contributed by atoms with Gasteiger partial charge in [0.2, 0.25) is 0 Å². The second-order valence-corrected chi connectivity index (χ2v) is 5.63. The first-order valence-corrected chi connectivity index (χ1v) is 7.31. The number of halogens is 1. The number of rotatable bonds is 3. The highest BCUT2D eigenvalue weighted by atomic mass is 79.9. The van der Waals surface area contributed by atoms with Crippen LogP contribution in [0.5, 0.6) is 5.75 Å². The Morgan fingerprint density at radius 1 is 1.53 bits per heavy atom. The van der Waals surface area contributed by atoms with Gasteiger partial charge in [-0.25, -0.2) is 0 Å². The number of amides is 1. The van der Waals surface area contributed by atoms with Crippen molar-refractivity contribution in [3.8, 4) is 5.75 Å². The van der Waals surface area contributed by atoms with Crippen molar-refractivity contribution >= 4 is 21.8 Å². The lowest BCUT2D eigenvalue weighted by Crippen LogP contribution is -2.55. The molecule has 104 valence electrons. The van der Waals surface area contributed by atoms with Crippen LogP contribution in [0.1, 0.15) is 13.8 Å². The van der Waals surface area contributed by atoms with Crippen molar-refractivity contribution < 1.29 is 9.53 Å². The number of ether oxygens (including phenoxy) is 1. The van der Waals surface area contributed by atoms with Crippen molar-refractivity contribution in [1.82, 2.24) is 10.2 Å². The van der Waals surface area contributed by atoms with Gasteiger partial charge in [-0.3, -0.25) is 4.79 Å². The summed E-state index contributed by atoms with van der Waals surface area (Å²) < 4.78 is 6.61. The van der Waals surface area contributed by atoms with Crippen LogP contribution in [0, 0.1) is 0 Å². The average Bonchev–Trinajstić information content (AvgIpc) is 2.41. The molecular formula is C14H19BrN2O2. The van der Waals surface area contributed by atoms with Gasteiger partial charge in [0.05, 0.1) is 4.47 Å². The van der Waals surface area contributed by atoms with E-state index in [4.69, 9.17) is 4.74 Å². The van der Waals surface area contributed by atoms with Gasteiger partial charge in [-0.15, -0.1) is 0 Å². The quantitative estimate of drug-likeness (QED) is 0.924. The summed E-state index contributed by atoms with van der Waals surface area (Å²) in [6, 6.07) is 7.79. The molecule has 1 aliphatic heterocycles. The van der Waals surface area contributed by atoms with E-state index >= 15 is 0 Å². The van der Waals surface area contributed by atoms with Crippen molar-refractivity contribution in [1.29, 1.82) is 0 Å². The highest BCUT2D eigenvalue weighted by molar-refractivity contribution is 9.10. The van der Waals surface area contributed by atoms with Crippen molar-refractivity contribution in [2.45, 2.75) is 26.0 Å².